The van der Waals surface area contributed by atoms with E-state index in [1.54, 1.807) is 12.1 Å². The lowest BCUT2D eigenvalue weighted by molar-refractivity contribution is -0.142. The maximum absolute atomic E-state index is 11.7. The molecular formula is C13H18N2O4. The first-order valence-corrected chi connectivity index (χ1v) is 5.86. The Kier molecular flexibility index (Phi) is 5.98. The molecule has 1 aromatic rings. The number of benzene rings is 1. The van der Waals surface area contributed by atoms with Crippen molar-refractivity contribution in [3.8, 4) is 0 Å². The van der Waals surface area contributed by atoms with Crippen molar-refractivity contribution >= 4 is 11.9 Å². The summed E-state index contributed by atoms with van der Waals surface area (Å²) in [4.78, 5) is 22.8. The molecule has 6 heteroatoms. The fourth-order valence-electron chi connectivity index (χ4n) is 1.58. The Labute approximate surface area is 111 Å². The first kappa shape index (κ1) is 15.1. The van der Waals surface area contributed by atoms with E-state index < -0.39 is 24.0 Å². The largest absolute Gasteiger partial charge is 0.480 e. The number of hydrogen-bond acceptors (Lipinski definition) is 4. The topological polar surface area (TPSA) is 102 Å². The molecule has 0 aliphatic rings. The summed E-state index contributed by atoms with van der Waals surface area (Å²) >= 11 is 0. The van der Waals surface area contributed by atoms with Gasteiger partial charge < -0.3 is 20.9 Å². The molecule has 1 amide bonds. The molecule has 0 saturated heterocycles. The quantitative estimate of drug-likeness (QED) is 0.633. The Morgan fingerprint density at radius 3 is 2.53 bits per heavy atom. The standard InChI is InChI=1S/C13H18N2O4/c1-19-8-10(14)12(16)15-11(13(17)18)7-9-5-3-2-4-6-9/h2-6,10-11H,7-8,14H2,1H3,(H,15,16)(H,17,18)/t10?,11-/m1/s1. The van der Waals surface area contributed by atoms with Crippen molar-refractivity contribution in [3.63, 3.8) is 0 Å². The van der Waals surface area contributed by atoms with E-state index in [0.717, 1.165) is 5.56 Å². The molecule has 6 nitrogen and oxygen atoms in total. The number of amides is 1. The highest BCUT2D eigenvalue weighted by Crippen LogP contribution is 2.03. The predicted molar refractivity (Wildman–Crippen MR) is 69.6 cm³/mol. The van der Waals surface area contributed by atoms with Gasteiger partial charge in [0.05, 0.1) is 6.61 Å². The van der Waals surface area contributed by atoms with Crippen LogP contribution in [-0.4, -0.2) is 42.8 Å². The average molecular weight is 266 g/mol. The molecule has 0 radical (unpaired) electrons. The molecule has 0 fully saturated rings. The van der Waals surface area contributed by atoms with Gasteiger partial charge in [0.2, 0.25) is 5.91 Å². The minimum Gasteiger partial charge on any atom is -0.480 e. The minimum absolute atomic E-state index is 0.0451. The molecule has 1 unspecified atom stereocenters. The van der Waals surface area contributed by atoms with Crippen molar-refractivity contribution in [1.29, 1.82) is 0 Å². The van der Waals surface area contributed by atoms with Gasteiger partial charge in [0, 0.05) is 13.5 Å². The van der Waals surface area contributed by atoms with Gasteiger partial charge in [-0.25, -0.2) is 4.79 Å². The molecule has 1 aromatic carbocycles. The second-order valence-electron chi connectivity index (χ2n) is 4.15. The monoisotopic (exact) mass is 266 g/mol. The maximum atomic E-state index is 11.7. The fourth-order valence-corrected chi connectivity index (χ4v) is 1.58. The van der Waals surface area contributed by atoms with Crippen molar-refractivity contribution in [1.82, 2.24) is 5.32 Å². The summed E-state index contributed by atoms with van der Waals surface area (Å²) in [6, 6.07) is 7.20. The summed E-state index contributed by atoms with van der Waals surface area (Å²) in [6.07, 6.45) is 0.210. The Hall–Kier alpha value is -1.92. The molecule has 0 bridgehead atoms. The number of methoxy groups -OCH3 is 1. The third kappa shape index (κ3) is 5.07. The van der Waals surface area contributed by atoms with Crippen LogP contribution >= 0.6 is 0 Å². The first-order valence-electron chi connectivity index (χ1n) is 5.86. The van der Waals surface area contributed by atoms with Crippen LogP contribution < -0.4 is 11.1 Å². The second kappa shape index (κ2) is 7.50. The highest BCUT2D eigenvalue weighted by Gasteiger charge is 2.23. The molecule has 19 heavy (non-hydrogen) atoms. The number of carboxylic acid groups (broad SMARTS) is 1. The Bertz CT molecular complexity index is 422. The number of ether oxygens (including phenoxy) is 1. The molecule has 0 saturated carbocycles. The number of carbonyl (C=O) groups is 2. The summed E-state index contributed by atoms with van der Waals surface area (Å²) in [5, 5.41) is 11.5. The van der Waals surface area contributed by atoms with E-state index in [0.29, 0.717) is 0 Å². The number of carbonyl (C=O) groups excluding carboxylic acids is 1. The van der Waals surface area contributed by atoms with E-state index in [1.807, 2.05) is 18.2 Å². The number of nitrogens with one attached hydrogen (secondary N) is 1. The third-order valence-electron chi connectivity index (χ3n) is 2.58. The molecule has 0 heterocycles. The van der Waals surface area contributed by atoms with Crippen molar-refractivity contribution < 1.29 is 19.4 Å². The summed E-state index contributed by atoms with van der Waals surface area (Å²) in [7, 11) is 1.42. The van der Waals surface area contributed by atoms with E-state index in [4.69, 9.17) is 15.6 Å². The summed E-state index contributed by atoms with van der Waals surface area (Å²) in [5.41, 5.74) is 6.37. The zero-order valence-electron chi connectivity index (χ0n) is 10.7. The highest BCUT2D eigenvalue weighted by atomic mass is 16.5. The van der Waals surface area contributed by atoms with Gasteiger partial charge in [-0.2, -0.15) is 0 Å². The fraction of sp³-hybridized carbons (Fsp3) is 0.385. The number of aliphatic carboxylic acids is 1. The van der Waals surface area contributed by atoms with Gasteiger partial charge in [-0.05, 0) is 5.56 Å². The lowest BCUT2D eigenvalue weighted by Gasteiger charge is -2.17. The van der Waals surface area contributed by atoms with Gasteiger partial charge >= 0.3 is 5.97 Å². The van der Waals surface area contributed by atoms with Gasteiger partial charge in [-0.1, -0.05) is 30.3 Å². The zero-order chi connectivity index (χ0) is 14.3. The molecule has 0 aliphatic heterocycles. The Balaban J connectivity index is 2.64. The van der Waals surface area contributed by atoms with E-state index in [-0.39, 0.29) is 13.0 Å². The van der Waals surface area contributed by atoms with Gasteiger partial charge in [0.15, 0.2) is 0 Å². The highest BCUT2D eigenvalue weighted by molar-refractivity contribution is 5.87. The lowest BCUT2D eigenvalue weighted by atomic mass is 10.1. The number of rotatable bonds is 7. The van der Waals surface area contributed by atoms with E-state index in [1.165, 1.54) is 7.11 Å². The number of nitrogens with two attached hydrogens (primary N) is 1. The third-order valence-corrected chi connectivity index (χ3v) is 2.58. The molecule has 0 aliphatic carbocycles. The predicted octanol–water partition coefficient (Wildman–Crippen LogP) is -0.228. The van der Waals surface area contributed by atoms with Crippen molar-refractivity contribution in [2.45, 2.75) is 18.5 Å². The Morgan fingerprint density at radius 2 is 2.00 bits per heavy atom. The van der Waals surface area contributed by atoms with Gasteiger partial charge in [-0.15, -0.1) is 0 Å². The van der Waals surface area contributed by atoms with Crippen LogP contribution in [0, 0.1) is 0 Å². The smallest absolute Gasteiger partial charge is 0.326 e. The van der Waals surface area contributed by atoms with Crippen LogP contribution in [0.25, 0.3) is 0 Å². The van der Waals surface area contributed by atoms with E-state index in [2.05, 4.69) is 5.32 Å². The SMILES string of the molecule is COCC(N)C(=O)N[C@H](Cc1ccccc1)C(=O)O. The summed E-state index contributed by atoms with van der Waals surface area (Å²) < 4.78 is 4.75. The van der Waals surface area contributed by atoms with Crippen molar-refractivity contribution in [3.05, 3.63) is 35.9 Å². The molecule has 0 aromatic heterocycles. The summed E-state index contributed by atoms with van der Waals surface area (Å²) in [6.45, 7) is 0.0451. The van der Waals surface area contributed by atoms with Crippen LogP contribution in [0.2, 0.25) is 0 Å². The van der Waals surface area contributed by atoms with Crippen molar-refractivity contribution in [2.24, 2.45) is 5.73 Å². The van der Waals surface area contributed by atoms with Crippen LogP contribution in [0.3, 0.4) is 0 Å². The molecule has 0 spiro atoms. The van der Waals surface area contributed by atoms with Gasteiger partial charge in [-0.3, -0.25) is 4.79 Å². The molecule has 104 valence electrons. The van der Waals surface area contributed by atoms with Crippen LogP contribution in [0.15, 0.2) is 30.3 Å². The summed E-state index contributed by atoms with van der Waals surface area (Å²) in [5.74, 6) is -1.63. The lowest BCUT2D eigenvalue weighted by Crippen LogP contribution is -2.50. The van der Waals surface area contributed by atoms with E-state index >= 15 is 0 Å². The average Bonchev–Trinajstić information content (AvgIpc) is 2.39. The molecule has 2 atom stereocenters. The van der Waals surface area contributed by atoms with Crippen LogP contribution in [0.1, 0.15) is 5.56 Å². The van der Waals surface area contributed by atoms with Crippen LogP contribution in [0.4, 0.5) is 0 Å². The normalized spacial score (nSPS) is 13.6. The van der Waals surface area contributed by atoms with Gasteiger partial charge in [0.25, 0.3) is 0 Å². The molecular weight excluding hydrogens is 248 g/mol. The number of hydrogen-bond donors (Lipinski definition) is 3. The Morgan fingerprint density at radius 1 is 1.37 bits per heavy atom. The maximum Gasteiger partial charge on any atom is 0.326 e. The second-order valence-corrected chi connectivity index (χ2v) is 4.15. The molecule has 4 N–H and O–H groups in total. The zero-order valence-corrected chi connectivity index (χ0v) is 10.7. The van der Waals surface area contributed by atoms with Crippen LogP contribution in [0.5, 0.6) is 0 Å². The van der Waals surface area contributed by atoms with Gasteiger partial charge in [0.1, 0.15) is 12.1 Å². The van der Waals surface area contributed by atoms with Crippen molar-refractivity contribution in [2.75, 3.05) is 13.7 Å². The minimum atomic E-state index is -1.10. The van der Waals surface area contributed by atoms with Crippen LogP contribution in [-0.2, 0) is 20.7 Å². The number of carboxylic acids is 1. The first-order chi connectivity index (χ1) is 9.04. The van der Waals surface area contributed by atoms with E-state index in [9.17, 15) is 9.59 Å². The molecule has 1 rings (SSSR count).